The topological polar surface area (TPSA) is 49.3 Å². The molecule has 1 fully saturated rings. The zero-order valence-corrected chi connectivity index (χ0v) is 11.5. The summed E-state index contributed by atoms with van der Waals surface area (Å²) in [5, 5.41) is 12.3. The molecule has 1 aromatic carbocycles. The molecule has 1 saturated carbocycles. The van der Waals surface area contributed by atoms with Gasteiger partial charge < -0.3 is 10.4 Å². The van der Waals surface area contributed by atoms with E-state index in [1.807, 2.05) is 0 Å². The molecule has 0 aromatic heterocycles. The summed E-state index contributed by atoms with van der Waals surface area (Å²) in [6.07, 6.45) is -1.26. The smallest absolute Gasteiger partial charge is 0.416 e. The summed E-state index contributed by atoms with van der Waals surface area (Å²) < 4.78 is 37.3. The second-order valence-corrected chi connectivity index (χ2v) is 5.47. The van der Waals surface area contributed by atoms with Crippen molar-refractivity contribution < 1.29 is 23.1 Å². The van der Waals surface area contributed by atoms with Gasteiger partial charge in [-0.2, -0.15) is 13.2 Å². The fraction of sp³-hybridized carbons (Fsp3) is 0.533. The minimum absolute atomic E-state index is 0.113. The van der Waals surface area contributed by atoms with Gasteiger partial charge in [0.1, 0.15) is 0 Å². The first kappa shape index (κ1) is 15.8. The zero-order valence-electron chi connectivity index (χ0n) is 11.5. The van der Waals surface area contributed by atoms with Crippen molar-refractivity contribution in [2.75, 3.05) is 0 Å². The average molecular weight is 301 g/mol. The Bertz CT molecular complexity index is 485. The molecule has 116 valence electrons. The summed E-state index contributed by atoms with van der Waals surface area (Å²) in [5.74, 6) is -1.08. The van der Waals surface area contributed by atoms with Gasteiger partial charge in [-0.3, -0.25) is 4.79 Å². The number of carboxylic acids is 1. The van der Waals surface area contributed by atoms with Crippen LogP contribution in [0.2, 0.25) is 0 Å². The van der Waals surface area contributed by atoms with E-state index in [2.05, 4.69) is 5.32 Å². The van der Waals surface area contributed by atoms with E-state index in [0.717, 1.165) is 30.5 Å². The van der Waals surface area contributed by atoms with E-state index in [4.69, 9.17) is 5.11 Å². The highest BCUT2D eigenvalue weighted by Gasteiger charge is 2.30. The maximum Gasteiger partial charge on any atom is 0.416 e. The molecular formula is C15H18F3NO2. The van der Waals surface area contributed by atoms with E-state index in [1.165, 1.54) is 12.1 Å². The van der Waals surface area contributed by atoms with Crippen LogP contribution in [0.3, 0.4) is 0 Å². The number of hydrogen-bond acceptors (Lipinski definition) is 2. The number of alkyl halides is 3. The van der Waals surface area contributed by atoms with Crippen LogP contribution in [0.1, 0.15) is 36.8 Å². The lowest BCUT2D eigenvalue weighted by atomic mass is 9.86. The molecule has 1 aliphatic rings. The van der Waals surface area contributed by atoms with Crippen molar-refractivity contribution in [3.8, 4) is 0 Å². The van der Waals surface area contributed by atoms with E-state index < -0.39 is 17.7 Å². The summed E-state index contributed by atoms with van der Waals surface area (Å²) in [6, 6.07) is 5.15. The summed E-state index contributed by atoms with van der Waals surface area (Å²) in [7, 11) is 0. The lowest BCUT2D eigenvalue weighted by Crippen LogP contribution is -2.36. The zero-order chi connectivity index (χ0) is 15.5. The number of carboxylic acid groups (broad SMARTS) is 1. The Morgan fingerprint density at radius 2 is 1.90 bits per heavy atom. The minimum atomic E-state index is -4.32. The SMILES string of the molecule is O=C(O)C1CCCC(NCc2ccc(C(F)(F)F)cc2)C1. The lowest BCUT2D eigenvalue weighted by molar-refractivity contribution is -0.143. The quantitative estimate of drug-likeness (QED) is 0.895. The fourth-order valence-corrected chi connectivity index (χ4v) is 2.67. The second-order valence-electron chi connectivity index (χ2n) is 5.47. The molecule has 2 rings (SSSR count). The standard InChI is InChI=1S/C15H18F3NO2/c16-15(17,18)12-6-4-10(5-7-12)9-19-13-3-1-2-11(8-13)14(20)21/h4-7,11,13,19H,1-3,8-9H2,(H,20,21). The summed E-state index contributed by atoms with van der Waals surface area (Å²) in [4.78, 5) is 11.0. The van der Waals surface area contributed by atoms with Crippen molar-refractivity contribution in [1.82, 2.24) is 5.32 Å². The van der Waals surface area contributed by atoms with Crippen LogP contribution < -0.4 is 5.32 Å². The van der Waals surface area contributed by atoms with E-state index in [0.29, 0.717) is 19.4 Å². The van der Waals surface area contributed by atoms with Gasteiger partial charge in [-0.25, -0.2) is 0 Å². The highest BCUT2D eigenvalue weighted by molar-refractivity contribution is 5.70. The maximum absolute atomic E-state index is 12.4. The van der Waals surface area contributed by atoms with Crippen LogP contribution in [0, 0.1) is 5.92 Å². The Labute approximate surface area is 121 Å². The van der Waals surface area contributed by atoms with Crippen LogP contribution in [0.4, 0.5) is 13.2 Å². The average Bonchev–Trinajstić information content (AvgIpc) is 2.45. The molecule has 2 N–H and O–H groups in total. The van der Waals surface area contributed by atoms with Gasteiger partial charge in [-0.05, 0) is 37.0 Å². The van der Waals surface area contributed by atoms with Crippen LogP contribution in [0.5, 0.6) is 0 Å². The maximum atomic E-state index is 12.4. The highest BCUT2D eigenvalue weighted by atomic mass is 19.4. The summed E-state index contributed by atoms with van der Waals surface area (Å²) >= 11 is 0. The van der Waals surface area contributed by atoms with Gasteiger partial charge in [0, 0.05) is 12.6 Å². The molecule has 0 bridgehead atoms. The Morgan fingerprint density at radius 1 is 1.24 bits per heavy atom. The largest absolute Gasteiger partial charge is 0.481 e. The van der Waals surface area contributed by atoms with Crippen molar-refractivity contribution in [1.29, 1.82) is 0 Å². The predicted octanol–water partition coefficient (Wildman–Crippen LogP) is 3.44. The Hall–Kier alpha value is -1.56. The van der Waals surface area contributed by atoms with Gasteiger partial charge in [-0.1, -0.05) is 18.6 Å². The molecule has 6 heteroatoms. The molecule has 0 heterocycles. The van der Waals surface area contributed by atoms with Gasteiger partial charge >= 0.3 is 12.1 Å². The third-order valence-electron chi connectivity index (χ3n) is 3.90. The molecule has 0 aliphatic heterocycles. The number of aliphatic carboxylic acids is 1. The molecule has 1 aromatic rings. The van der Waals surface area contributed by atoms with Crippen LogP contribution in [-0.4, -0.2) is 17.1 Å². The van der Waals surface area contributed by atoms with Crippen LogP contribution >= 0.6 is 0 Å². The van der Waals surface area contributed by atoms with E-state index in [-0.39, 0.29) is 12.0 Å². The highest BCUT2D eigenvalue weighted by Crippen LogP contribution is 2.29. The van der Waals surface area contributed by atoms with Gasteiger partial charge in [0.05, 0.1) is 11.5 Å². The number of nitrogens with one attached hydrogen (secondary N) is 1. The molecule has 0 radical (unpaired) electrons. The Morgan fingerprint density at radius 3 is 2.48 bits per heavy atom. The number of carbonyl (C=O) groups is 1. The second kappa shape index (κ2) is 6.47. The molecule has 2 atom stereocenters. The molecule has 0 spiro atoms. The third kappa shape index (κ3) is 4.46. The van der Waals surface area contributed by atoms with Gasteiger partial charge in [0.15, 0.2) is 0 Å². The molecule has 0 amide bonds. The number of rotatable bonds is 4. The van der Waals surface area contributed by atoms with Crippen molar-refractivity contribution in [3.63, 3.8) is 0 Å². The predicted molar refractivity (Wildman–Crippen MR) is 71.7 cm³/mol. The number of hydrogen-bond donors (Lipinski definition) is 2. The van der Waals surface area contributed by atoms with Crippen molar-refractivity contribution in [2.24, 2.45) is 5.92 Å². The van der Waals surface area contributed by atoms with Crippen LogP contribution in [0.15, 0.2) is 24.3 Å². The fourth-order valence-electron chi connectivity index (χ4n) is 2.67. The van der Waals surface area contributed by atoms with Gasteiger partial charge in [0.25, 0.3) is 0 Å². The Kier molecular flexibility index (Phi) is 4.88. The van der Waals surface area contributed by atoms with Crippen molar-refractivity contribution in [3.05, 3.63) is 35.4 Å². The summed E-state index contributed by atoms with van der Waals surface area (Å²) in [6.45, 7) is 0.454. The molecular weight excluding hydrogens is 283 g/mol. The van der Waals surface area contributed by atoms with Crippen molar-refractivity contribution in [2.45, 2.75) is 44.4 Å². The number of halogens is 3. The normalized spacial score (nSPS) is 23.0. The monoisotopic (exact) mass is 301 g/mol. The van der Waals surface area contributed by atoms with Gasteiger partial charge in [-0.15, -0.1) is 0 Å². The molecule has 3 nitrogen and oxygen atoms in total. The van der Waals surface area contributed by atoms with Crippen LogP contribution in [-0.2, 0) is 17.5 Å². The van der Waals surface area contributed by atoms with Crippen LogP contribution in [0.25, 0.3) is 0 Å². The van der Waals surface area contributed by atoms with E-state index in [1.54, 1.807) is 0 Å². The molecule has 21 heavy (non-hydrogen) atoms. The van der Waals surface area contributed by atoms with E-state index >= 15 is 0 Å². The van der Waals surface area contributed by atoms with Gasteiger partial charge in [0.2, 0.25) is 0 Å². The molecule has 2 unspecified atom stereocenters. The van der Waals surface area contributed by atoms with E-state index in [9.17, 15) is 18.0 Å². The minimum Gasteiger partial charge on any atom is -0.481 e. The lowest BCUT2D eigenvalue weighted by Gasteiger charge is -2.27. The number of benzene rings is 1. The first-order valence-electron chi connectivity index (χ1n) is 6.98. The molecule has 1 aliphatic carbocycles. The summed E-state index contributed by atoms with van der Waals surface area (Å²) in [5.41, 5.74) is 0.107. The third-order valence-corrected chi connectivity index (χ3v) is 3.90. The first-order chi connectivity index (χ1) is 9.86. The van der Waals surface area contributed by atoms with Crippen molar-refractivity contribution >= 4 is 5.97 Å². The first-order valence-corrected chi connectivity index (χ1v) is 6.98. The molecule has 0 saturated heterocycles. The Balaban J connectivity index is 1.87.